The second kappa shape index (κ2) is 6.05. The molecule has 0 aliphatic carbocycles. The van der Waals surface area contributed by atoms with Crippen molar-refractivity contribution in [2.45, 2.75) is 42.8 Å². The average Bonchev–Trinajstić information content (AvgIpc) is 2.63. The molecule has 0 aromatic carbocycles. The van der Waals surface area contributed by atoms with E-state index in [1.165, 1.54) is 23.1 Å². The Morgan fingerprint density at radius 2 is 2.25 bits per heavy atom. The van der Waals surface area contributed by atoms with Gasteiger partial charge < -0.3 is 11.1 Å². The number of nitrogens with two attached hydrogens (primary N) is 1. The zero-order valence-electron chi connectivity index (χ0n) is 9.56. The van der Waals surface area contributed by atoms with E-state index in [0.29, 0.717) is 5.13 Å². The molecule has 0 aliphatic heterocycles. The van der Waals surface area contributed by atoms with Crippen molar-refractivity contribution in [1.82, 2.24) is 15.5 Å². The predicted octanol–water partition coefficient (Wildman–Crippen LogP) is 1.52. The Kier molecular flexibility index (Phi) is 5.01. The third-order valence-electron chi connectivity index (χ3n) is 2.07. The normalized spacial score (nSPS) is 14.4. The highest BCUT2D eigenvalue weighted by Gasteiger charge is 2.17. The van der Waals surface area contributed by atoms with Crippen molar-refractivity contribution in [3.8, 4) is 0 Å². The maximum atomic E-state index is 11.7. The lowest BCUT2D eigenvalue weighted by Gasteiger charge is -2.14. The van der Waals surface area contributed by atoms with E-state index in [1.54, 1.807) is 0 Å². The third-order valence-corrected chi connectivity index (χ3v) is 4.01. The lowest BCUT2D eigenvalue weighted by molar-refractivity contribution is -0.120. The van der Waals surface area contributed by atoms with Gasteiger partial charge in [0, 0.05) is 6.04 Å². The number of amides is 1. The number of nitrogens with one attached hydrogen (secondary N) is 1. The zero-order chi connectivity index (χ0) is 12.1. The van der Waals surface area contributed by atoms with Crippen LogP contribution >= 0.6 is 23.1 Å². The highest BCUT2D eigenvalue weighted by Crippen LogP contribution is 2.27. The number of hydrogen-bond acceptors (Lipinski definition) is 6. The van der Waals surface area contributed by atoms with Gasteiger partial charge in [-0.2, -0.15) is 0 Å². The summed E-state index contributed by atoms with van der Waals surface area (Å²) in [6.07, 6.45) is 0.925. The van der Waals surface area contributed by atoms with Crippen molar-refractivity contribution in [3.63, 3.8) is 0 Å². The summed E-state index contributed by atoms with van der Waals surface area (Å²) in [5.74, 6) is 0.0214. The van der Waals surface area contributed by atoms with E-state index < -0.39 is 0 Å². The summed E-state index contributed by atoms with van der Waals surface area (Å²) in [6, 6.07) is 0.204. The minimum atomic E-state index is -0.179. The molecule has 1 heterocycles. The Morgan fingerprint density at radius 3 is 2.75 bits per heavy atom. The molecule has 0 spiro atoms. The number of carbonyl (C=O) groups is 1. The summed E-state index contributed by atoms with van der Waals surface area (Å²) in [5.41, 5.74) is 5.46. The molecule has 2 atom stereocenters. The van der Waals surface area contributed by atoms with Crippen molar-refractivity contribution >= 4 is 34.1 Å². The smallest absolute Gasteiger partial charge is 0.233 e. The molecule has 2 unspecified atom stereocenters. The van der Waals surface area contributed by atoms with Gasteiger partial charge in [-0.05, 0) is 20.3 Å². The molecular formula is C9H16N4OS2. The molecular weight excluding hydrogens is 244 g/mol. The molecule has 1 amide bonds. The number of anilines is 1. The van der Waals surface area contributed by atoms with Crippen LogP contribution in [0.2, 0.25) is 0 Å². The molecule has 0 saturated carbocycles. The van der Waals surface area contributed by atoms with Crippen LogP contribution in [0, 0.1) is 0 Å². The molecule has 0 bridgehead atoms. The largest absolute Gasteiger partial charge is 0.374 e. The summed E-state index contributed by atoms with van der Waals surface area (Å²) in [4.78, 5) is 11.7. The fourth-order valence-corrected chi connectivity index (χ4v) is 2.72. The third kappa shape index (κ3) is 3.97. The molecule has 3 N–H and O–H groups in total. The van der Waals surface area contributed by atoms with Crippen LogP contribution in [-0.4, -0.2) is 27.4 Å². The van der Waals surface area contributed by atoms with Crippen LogP contribution in [0.15, 0.2) is 4.34 Å². The van der Waals surface area contributed by atoms with E-state index in [2.05, 4.69) is 15.5 Å². The van der Waals surface area contributed by atoms with Crippen molar-refractivity contribution in [1.29, 1.82) is 0 Å². The van der Waals surface area contributed by atoms with E-state index in [-0.39, 0.29) is 17.2 Å². The Bertz CT molecular complexity index is 355. The molecule has 0 radical (unpaired) electrons. The average molecular weight is 260 g/mol. The van der Waals surface area contributed by atoms with Crippen molar-refractivity contribution in [2.24, 2.45) is 0 Å². The molecule has 1 aromatic heterocycles. The van der Waals surface area contributed by atoms with Crippen LogP contribution in [0.4, 0.5) is 5.13 Å². The van der Waals surface area contributed by atoms with Crippen molar-refractivity contribution < 1.29 is 4.79 Å². The van der Waals surface area contributed by atoms with Gasteiger partial charge >= 0.3 is 0 Å². The number of thioether (sulfide) groups is 1. The Labute approximate surface area is 103 Å². The summed E-state index contributed by atoms with van der Waals surface area (Å²) in [5, 5.41) is 10.7. The first kappa shape index (κ1) is 13.2. The first-order valence-electron chi connectivity index (χ1n) is 5.09. The van der Waals surface area contributed by atoms with Gasteiger partial charge in [0.15, 0.2) is 4.34 Å². The van der Waals surface area contributed by atoms with Crippen molar-refractivity contribution in [2.75, 3.05) is 5.73 Å². The molecule has 16 heavy (non-hydrogen) atoms. The first-order chi connectivity index (χ1) is 7.52. The second-order valence-electron chi connectivity index (χ2n) is 3.48. The highest BCUT2D eigenvalue weighted by molar-refractivity contribution is 8.02. The van der Waals surface area contributed by atoms with Gasteiger partial charge in [-0.3, -0.25) is 4.79 Å². The van der Waals surface area contributed by atoms with Crippen LogP contribution < -0.4 is 11.1 Å². The van der Waals surface area contributed by atoms with Crippen LogP contribution in [0.3, 0.4) is 0 Å². The van der Waals surface area contributed by atoms with E-state index in [4.69, 9.17) is 5.73 Å². The predicted molar refractivity (Wildman–Crippen MR) is 67.5 cm³/mol. The summed E-state index contributed by atoms with van der Waals surface area (Å²) < 4.78 is 0.726. The fraction of sp³-hybridized carbons (Fsp3) is 0.667. The molecule has 0 fully saturated rings. The minimum absolute atomic E-state index is 0.0214. The van der Waals surface area contributed by atoms with E-state index >= 15 is 0 Å². The Hall–Kier alpha value is -0.820. The maximum absolute atomic E-state index is 11.7. The molecule has 1 rings (SSSR count). The lowest BCUT2D eigenvalue weighted by Crippen LogP contribution is -2.37. The Balaban J connectivity index is 2.45. The Morgan fingerprint density at radius 1 is 1.56 bits per heavy atom. The summed E-state index contributed by atoms with van der Waals surface area (Å²) in [6.45, 7) is 5.87. The van der Waals surface area contributed by atoms with Gasteiger partial charge in [-0.1, -0.05) is 30.0 Å². The quantitative estimate of drug-likeness (QED) is 0.784. The second-order valence-corrected chi connectivity index (χ2v) is 6.08. The SMILES string of the molecule is CCC(C)NC(=O)C(C)Sc1nnc(N)s1. The van der Waals surface area contributed by atoms with Gasteiger partial charge in [-0.25, -0.2) is 0 Å². The van der Waals surface area contributed by atoms with Crippen LogP contribution in [0.1, 0.15) is 27.2 Å². The number of hydrogen-bond donors (Lipinski definition) is 2. The zero-order valence-corrected chi connectivity index (χ0v) is 11.2. The van der Waals surface area contributed by atoms with Crippen molar-refractivity contribution in [3.05, 3.63) is 0 Å². The molecule has 1 aromatic rings. The van der Waals surface area contributed by atoms with E-state index in [0.717, 1.165) is 10.8 Å². The minimum Gasteiger partial charge on any atom is -0.374 e. The summed E-state index contributed by atoms with van der Waals surface area (Å²) in [7, 11) is 0. The molecule has 0 aliphatic rings. The van der Waals surface area contributed by atoms with E-state index in [9.17, 15) is 4.79 Å². The first-order valence-corrected chi connectivity index (χ1v) is 6.78. The summed E-state index contributed by atoms with van der Waals surface area (Å²) >= 11 is 2.67. The standard InChI is InChI=1S/C9H16N4OS2/c1-4-5(2)11-7(14)6(3)15-9-13-12-8(10)16-9/h5-6H,4H2,1-3H3,(H2,10,12)(H,11,14). The fourth-order valence-electron chi connectivity index (χ4n) is 0.935. The number of aromatic nitrogens is 2. The number of rotatable bonds is 5. The van der Waals surface area contributed by atoms with Gasteiger partial charge in [0.05, 0.1) is 5.25 Å². The molecule has 0 saturated heterocycles. The maximum Gasteiger partial charge on any atom is 0.233 e. The molecule has 5 nitrogen and oxygen atoms in total. The van der Waals surface area contributed by atoms with Gasteiger partial charge in [0.2, 0.25) is 11.0 Å². The molecule has 7 heteroatoms. The monoisotopic (exact) mass is 260 g/mol. The van der Waals surface area contributed by atoms with Crippen LogP contribution in [-0.2, 0) is 4.79 Å². The number of nitrogen functional groups attached to an aromatic ring is 1. The topological polar surface area (TPSA) is 80.9 Å². The lowest BCUT2D eigenvalue weighted by atomic mass is 10.2. The van der Waals surface area contributed by atoms with Crippen LogP contribution in [0.5, 0.6) is 0 Å². The van der Waals surface area contributed by atoms with Gasteiger partial charge in [0.25, 0.3) is 0 Å². The molecule has 90 valence electrons. The van der Waals surface area contributed by atoms with Gasteiger partial charge in [0.1, 0.15) is 0 Å². The number of nitrogens with zero attached hydrogens (tertiary/aromatic N) is 2. The van der Waals surface area contributed by atoms with Crippen LogP contribution in [0.25, 0.3) is 0 Å². The van der Waals surface area contributed by atoms with Gasteiger partial charge in [-0.15, -0.1) is 10.2 Å². The highest BCUT2D eigenvalue weighted by atomic mass is 32.2. The number of carbonyl (C=O) groups excluding carboxylic acids is 1. The van der Waals surface area contributed by atoms with E-state index in [1.807, 2.05) is 20.8 Å².